The average Bonchev–Trinajstić information content (AvgIpc) is 2.65. The molecule has 2 aromatic carbocycles. The zero-order valence-corrected chi connectivity index (χ0v) is 20.0. The van der Waals surface area contributed by atoms with Crippen LogP contribution in [0.15, 0.2) is 34.3 Å². The van der Waals surface area contributed by atoms with Crippen LogP contribution in [0.25, 0.3) is 0 Å². The van der Waals surface area contributed by atoms with Crippen LogP contribution in [0.3, 0.4) is 0 Å². The van der Waals surface area contributed by atoms with E-state index >= 15 is 0 Å². The zero-order valence-electron chi connectivity index (χ0n) is 20.0. The molecule has 0 heterocycles. The molecule has 30 heavy (non-hydrogen) atoms. The molecule has 2 rings (SSSR count). The van der Waals surface area contributed by atoms with Crippen molar-refractivity contribution in [3.8, 4) is 0 Å². The summed E-state index contributed by atoms with van der Waals surface area (Å²) in [6, 6.07) is 8.95. The van der Waals surface area contributed by atoms with Gasteiger partial charge in [0, 0.05) is 25.5 Å². The average molecular weight is 405 g/mol. The minimum atomic E-state index is 0.937. The second-order valence-corrected chi connectivity index (χ2v) is 8.82. The Kier molecular flexibility index (Phi) is 10.00. The van der Waals surface area contributed by atoms with Crippen molar-refractivity contribution < 1.29 is 0 Å². The van der Waals surface area contributed by atoms with Crippen LogP contribution < -0.4 is 0 Å². The number of nitrogens with zero attached hydrogens (tertiary/aromatic N) is 2. The maximum absolute atomic E-state index is 4.66. The van der Waals surface area contributed by atoms with Gasteiger partial charge in [0.1, 0.15) is 0 Å². The molecule has 0 saturated carbocycles. The van der Waals surface area contributed by atoms with Gasteiger partial charge in [-0.1, -0.05) is 61.1 Å². The Labute approximate surface area is 184 Å². The smallest absolute Gasteiger partial charge is 0.0389 e. The molecule has 0 atom stereocenters. The largest absolute Gasteiger partial charge is 0.293 e. The van der Waals surface area contributed by atoms with E-state index in [4.69, 9.17) is 0 Å². The first-order valence-electron chi connectivity index (χ1n) is 11.5. The number of benzene rings is 2. The molecule has 2 nitrogen and oxygen atoms in total. The van der Waals surface area contributed by atoms with Crippen molar-refractivity contribution >= 4 is 12.4 Å². The summed E-state index contributed by atoms with van der Waals surface area (Å²) in [5.41, 5.74) is 10.5. The molecule has 0 aliphatic carbocycles. The van der Waals surface area contributed by atoms with Gasteiger partial charge < -0.3 is 0 Å². The van der Waals surface area contributed by atoms with Crippen molar-refractivity contribution in [2.45, 2.75) is 80.1 Å². The highest BCUT2D eigenvalue weighted by Gasteiger charge is 2.01. The summed E-state index contributed by atoms with van der Waals surface area (Å²) in [6.45, 7) is 14.9. The fraction of sp³-hybridized carbons (Fsp3) is 0.500. The van der Waals surface area contributed by atoms with Gasteiger partial charge >= 0.3 is 0 Å². The number of aliphatic imine (C=N–C) groups is 2. The van der Waals surface area contributed by atoms with Crippen LogP contribution in [-0.2, 0) is 0 Å². The van der Waals surface area contributed by atoms with Crippen LogP contribution in [0.4, 0.5) is 0 Å². The first-order chi connectivity index (χ1) is 14.4. The third-order valence-corrected chi connectivity index (χ3v) is 5.74. The lowest BCUT2D eigenvalue weighted by molar-refractivity contribution is 0.602. The molecule has 0 aliphatic heterocycles. The third-order valence-electron chi connectivity index (χ3n) is 5.74. The Morgan fingerprint density at radius 3 is 1.13 bits per heavy atom. The number of rotatable bonds is 11. The monoisotopic (exact) mass is 404 g/mol. The molecule has 0 unspecified atom stereocenters. The second kappa shape index (κ2) is 12.5. The lowest BCUT2D eigenvalue weighted by atomic mass is 10.0. The minimum absolute atomic E-state index is 0.937. The van der Waals surface area contributed by atoms with Crippen LogP contribution in [0.1, 0.15) is 83.0 Å². The molecule has 0 radical (unpaired) electrons. The normalized spacial score (nSPS) is 11.8. The summed E-state index contributed by atoms with van der Waals surface area (Å²) < 4.78 is 0. The van der Waals surface area contributed by atoms with Crippen molar-refractivity contribution in [1.29, 1.82) is 0 Å². The lowest BCUT2D eigenvalue weighted by Gasteiger charge is -2.06. The highest BCUT2D eigenvalue weighted by Crippen LogP contribution is 2.15. The highest BCUT2D eigenvalue weighted by atomic mass is 14.7. The summed E-state index contributed by atoms with van der Waals surface area (Å²) in [7, 11) is 0. The Bertz CT molecular complexity index is 755. The van der Waals surface area contributed by atoms with Gasteiger partial charge in [-0.3, -0.25) is 9.98 Å². The van der Waals surface area contributed by atoms with Crippen molar-refractivity contribution in [2.75, 3.05) is 13.1 Å². The standard InChI is InChI=1S/C28H40N2/c1-21-15-23(3)27(24(4)16-21)19-29-13-11-9-7-8-10-12-14-30-20-28-25(5)17-22(2)18-26(28)6/h15-20H,7-14H2,1-6H3. The van der Waals surface area contributed by atoms with Crippen molar-refractivity contribution in [3.05, 3.63) is 68.8 Å². The molecule has 0 aliphatic rings. The van der Waals surface area contributed by atoms with Gasteiger partial charge in [-0.25, -0.2) is 0 Å². The molecule has 2 aromatic rings. The van der Waals surface area contributed by atoms with E-state index in [1.807, 2.05) is 0 Å². The Balaban J connectivity index is 1.56. The lowest BCUT2D eigenvalue weighted by Crippen LogP contribution is -1.95. The van der Waals surface area contributed by atoms with E-state index in [2.05, 4.69) is 88.2 Å². The highest BCUT2D eigenvalue weighted by molar-refractivity contribution is 5.84. The van der Waals surface area contributed by atoms with E-state index in [0.29, 0.717) is 0 Å². The summed E-state index contributed by atoms with van der Waals surface area (Å²) in [5, 5.41) is 0. The van der Waals surface area contributed by atoms with Gasteiger partial charge in [0.05, 0.1) is 0 Å². The van der Waals surface area contributed by atoms with Gasteiger partial charge in [0.15, 0.2) is 0 Å². The fourth-order valence-electron chi connectivity index (χ4n) is 4.21. The van der Waals surface area contributed by atoms with Crippen molar-refractivity contribution in [3.63, 3.8) is 0 Å². The van der Waals surface area contributed by atoms with Crippen molar-refractivity contribution in [2.24, 2.45) is 9.98 Å². The fourth-order valence-corrected chi connectivity index (χ4v) is 4.21. The maximum atomic E-state index is 4.66. The number of hydrogen-bond donors (Lipinski definition) is 0. The summed E-state index contributed by atoms with van der Waals surface area (Å²) in [6.07, 6.45) is 11.7. The second-order valence-electron chi connectivity index (χ2n) is 8.82. The molecule has 2 heteroatoms. The molecule has 0 fully saturated rings. The zero-order chi connectivity index (χ0) is 21.9. The minimum Gasteiger partial charge on any atom is -0.293 e. The molecule has 0 aromatic heterocycles. The quantitative estimate of drug-likeness (QED) is 0.275. The molecule has 0 N–H and O–H groups in total. The van der Waals surface area contributed by atoms with Crippen LogP contribution in [-0.4, -0.2) is 25.5 Å². The first kappa shape index (κ1) is 24.1. The van der Waals surface area contributed by atoms with Gasteiger partial charge in [0.2, 0.25) is 0 Å². The number of unbranched alkanes of at least 4 members (excludes halogenated alkanes) is 5. The molecular weight excluding hydrogens is 364 g/mol. The third kappa shape index (κ3) is 7.89. The summed E-state index contributed by atoms with van der Waals surface area (Å²) >= 11 is 0. The van der Waals surface area contributed by atoms with E-state index < -0.39 is 0 Å². The predicted molar refractivity (Wildman–Crippen MR) is 134 cm³/mol. The van der Waals surface area contributed by atoms with Crippen LogP contribution >= 0.6 is 0 Å². The Morgan fingerprint density at radius 1 is 0.500 bits per heavy atom. The van der Waals surface area contributed by atoms with Crippen LogP contribution in [0, 0.1) is 41.5 Å². The van der Waals surface area contributed by atoms with Gasteiger partial charge in [-0.05, 0) is 87.8 Å². The topological polar surface area (TPSA) is 24.7 Å². The molecule has 0 amide bonds. The summed E-state index contributed by atoms with van der Waals surface area (Å²) in [5.74, 6) is 0. The van der Waals surface area contributed by atoms with E-state index in [0.717, 1.165) is 13.1 Å². The van der Waals surface area contributed by atoms with E-state index in [1.54, 1.807) is 0 Å². The molecular formula is C28H40N2. The van der Waals surface area contributed by atoms with E-state index in [1.165, 1.54) is 83.0 Å². The van der Waals surface area contributed by atoms with Gasteiger partial charge in [-0.2, -0.15) is 0 Å². The van der Waals surface area contributed by atoms with E-state index in [9.17, 15) is 0 Å². The molecule has 0 bridgehead atoms. The van der Waals surface area contributed by atoms with Crippen molar-refractivity contribution in [1.82, 2.24) is 0 Å². The van der Waals surface area contributed by atoms with Crippen LogP contribution in [0.2, 0.25) is 0 Å². The van der Waals surface area contributed by atoms with Crippen LogP contribution in [0.5, 0.6) is 0 Å². The first-order valence-corrected chi connectivity index (χ1v) is 11.5. The predicted octanol–water partition coefficient (Wildman–Crippen LogP) is 7.42. The van der Waals surface area contributed by atoms with E-state index in [-0.39, 0.29) is 0 Å². The Morgan fingerprint density at radius 2 is 0.800 bits per heavy atom. The van der Waals surface area contributed by atoms with Gasteiger partial charge in [0.25, 0.3) is 0 Å². The molecule has 162 valence electrons. The van der Waals surface area contributed by atoms with Gasteiger partial charge in [-0.15, -0.1) is 0 Å². The molecule has 0 saturated heterocycles. The number of aryl methyl sites for hydroxylation is 6. The summed E-state index contributed by atoms with van der Waals surface area (Å²) in [4.78, 5) is 9.31. The number of hydrogen-bond acceptors (Lipinski definition) is 2. The molecule has 0 spiro atoms. The Hall–Kier alpha value is -2.22. The maximum Gasteiger partial charge on any atom is 0.0389 e. The SMILES string of the molecule is Cc1cc(C)c(C=NCCCCCCCCN=Cc2c(C)cc(C)cc2C)c(C)c1.